The molecule has 0 bridgehead atoms. The third-order valence-electron chi connectivity index (χ3n) is 2.22. The van der Waals surface area contributed by atoms with Crippen LogP contribution in [0.15, 0.2) is 41.8 Å². The summed E-state index contributed by atoms with van der Waals surface area (Å²) in [4.78, 5) is 18.7. The quantitative estimate of drug-likeness (QED) is 0.860. The van der Waals surface area contributed by atoms with Crippen LogP contribution in [0.25, 0.3) is 0 Å². The minimum atomic E-state index is -1.26. The molecule has 2 aromatic rings. The maximum atomic E-state index is 13.8. The Labute approximate surface area is 107 Å². The van der Waals surface area contributed by atoms with E-state index in [1.165, 1.54) is 23.9 Å². The molecule has 1 heterocycles. The average Bonchev–Trinajstić information content (AvgIpc) is 2.38. The lowest BCUT2D eigenvalue weighted by atomic mass is 10.1. The predicted octanol–water partition coefficient (Wildman–Crippen LogP) is 2.61. The van der Waals surface area contributed by atoms with E-state index in [1.807, 2.05) is 0 Å². The van der Waals surface area contributed by atoms with Gasteiger partial charge in [-0.15, -0.1) is 0 Å². The summed E-state index contributed by atoms with van der Waals surface area (Å²) in [6, 6.07) is 4.33. The Kier molecular flexibility index (Phi) is 3.88. The third-order valence-corrected chi connectivity index (χ3v) is 3.19. The molecule has 4 nitrogen and oxygen atoms in total. The van der Waals surface area contributed by atoms with Crippen molar-refractivity contribution in [1.29, 1.82) is 0 Å². The summed E-state index contributed by atoms with van der Waals surface area (Å²) in [6.07, 6.45) is 4.67. The first-order chi connectivity index (χ1) is 8.68. The first kappa shape index (κ1) is 12.5. The molecule has 0 aliphatic heterocycles. The molecular weight excluding hydrogens is 255 g/mol. The van der Waals surface area contributed by atoms with Crippen LogP contribution in [0.5, 0.6) is 0 Å². The second-order valence-electron chi connectivity index (χ2n) is 3.42. The number of rotatable bonds is 4. The van der Waals surface area contributed by atoms with Gasteiger partial charge in [-0.25, -0.2) is 14.2 Å². The van der Waals surface area contributed by atoms with Gasteiger partial charge in [-0.05, 0) is 11.6 Å². The SMILES string of the molecule is O=C(O)c1cccc(CSc2cnccn2)c1F. The number of nitrogens with zero attached hydrogens (tertiary/aromatic N) is 2. The van der Waals surface area contributed by atoms with Crippen molar-refractivity contribution in [2.75, 3.05) is 0 Å². The Bertz CT molecular complexity index is 563. The molecule has 0 aliphatic carbocycles. The van der Waals surface area contributed by atoms with Gasteiger partial charge >= 0.3 is 5.97 Å². The lowest BCUT2D eigenvalue weighted by Gasteiger charge is -2.04. The molecule has 1 aromatic carbocycles. The van der Waals surface area contributed by atoms with Crippen molar-refractivity contribution in [3.63, 3.8) is 0 Å². The Morgan fingerprint density at radius 3 is 2.89 bits per heavy atom. The van der Waals surface area contributed by atoms with Crippen LogP contribution in [0, 0.1) is 5.82 Å². The minimum absolute atomic E-state index is 0.311. The molecule has 0 saturated carbocycles. The molecule has 1 N–H and O–H groups in total. The van der Waals surface area contributed by atoms with Gasteiger partial charge in [-0.3, -0.25) is 4.98 Å². The van der Waals surface area contributed by atoms with E-state index in [-0.39, 0.29) is 5.56 Å². The van der Waals surface area contributed by atoms with E-state index < -0.39 is 11.8 Å². The average molecular weight is 264 g/mol. The van der Waals surface area contributed by atoms with E-state index in [2.05, 4.69) is 9.97 Å². The zero-order valence-corrected chi connectivity index (χ0v) is 10.0. The highest BCUT2D eigenvalue weighted by molar-refractivity contribution is 7.98. The number of hydrogen-bond acceptors (Lipinski definition) is 4. The van der Waals surface area contributed by atoms with Crippen molar-refractivity contribution in [3.05, 3.63) is 53.7 Å². The molecule has 6 heteroatoms. The van der Waals surface area contributed by atoms with Crippen molar-refractivity contribution >= 4 is 17.7 Å². The summed E-state index contributed by atoms with van der Waals surface area (Å²) in [5.41, 5.74) is 0.0257. The molecule has 0 fully saturated rings. The monoisotopic (exact) mass is 264 g/mol. The number of benzene rings is 1. The molecule has 0 unspecified atom stereocenters. The number of thioether (sulfide) groups is 1. The first-order valence-electron chi connectivity index (χ1n) is 5.08. The summed E-state index contributed by atoms with van der Waals surface area (Å²) in [5.74, 6) is -1.65. The van der Waals surface area contributed by atoms with Gasteiger partial charge in [0, 0.05) is 18.1 Å². The van der Waals surface area contributed by atoms with Gasteiger partial charge < -0.3 is 5.11 Å². The molecule has 1 aromatic heterocycles. The van der Waals surface area contributed by atoms with Crippen LogP contribution >= 0.6 is 11.8 Å². The third kappa shape index (κ3) is 2.84. The Morgan fingerprint density at radius 2 is 2.22 bits per heavy atom. The lowest BCUT2D eigenvalue weighted by Crippen LogP contribution is -2.03. The van der Waals surface area contributed by atoms with Gasteiger partial charge in [-0.2, -0.15) is 0 Å². The zero-order valence-electron chi connectivity index (χ0n) is 9.21. The number of carboxylic acid groups (broad SMARTS) is 1. The van der Waals surface area contributed by atoms with Crippen LogP contribution in [0.4, 0.5) is 4.39 Å². The fourth-order valence-electron chi connectivity index (χ4n) is 1.37. The highest BCUT2D eigenvalue weighted by atomic mass is 32.2. The Morgan fingerprint density at radius 1 is 1.39 bits per heavy atom. The van der Waals surface area contributed by atoms with Crippen molar-refractivity contribution in [3.8, 4) is 0 Å². The number of carbonyl (C=O) groups is 1. The van der Waals surface area contributed by atoms with Crippen LogP contribution in [0.2, 0.25) is 0 Å². The van der Waals surface area contributed by atoms with Crippen LogP contribution in [-0.2, 0) is 5.75 Å². The normalized spacial score (nSPS) is 10.3. The van der Waals surface area contributed by atoms with E-state index in [0.717, 1.165) is 0 Å². The maximum Gasteiger partial charge on any atom is 0.338 e. The fraction of sp³-hybridized carbons (Fsp3) is 0.0833. The summed E-state index contributed by atoms with van der Waals surface area (Å²) in [6.45, 7) is 0. The summed E-state index contributed by atoms with van der Waals surface area (Å²) >= 11 is 1.30. The van der Waals surface area contributed by atoms with Crippen LogP contribution < -0.4 is 0 Å². The molecule has 0 saturated heterocycles. The predicted molar refractivity (Wildman–Crippen MR) is 65.0 cm³/mol. The van der Waals surface area contributed by atoms with Crippen LogP contribution in [0.3, 0.4) is 0 Å². The van der Waals surface area contributed by atoms with Crippen LogP contribution in [-0.4, -0.2) is 21.0 Å². The molecular formula is C12H9FN2O2S. The van der Waals surface area contributed by atoms with Gasteiger partial charge in [-0.1, -0.05) is 23.9 Å². The summed E-state index contributed by atoms with van der Waals surface area (Å²) < 4.78 is 13.8. The first-order valence-corrected chi connectivity index (χ1v) is 6.06. The van der Waals surface area contributed by atoms with Crippen LogP contribution in [0.1, 0.15) is 15.9 Å². The minimum Gasteiger partial charge on any atom is -0.478 e. The van der Waals surface area contributed by atoms with E-state index >= 15 is 0 Å². The standard InChI is InChI=1S/C12H9FN2O2S/c13-11-8(2-1-3-9(11)12(16)17)7-18-10-6-14-4-5-15-10/h1-6H,7H2,(H,16,17). The molecule has 0 spiro atoms. The van der Waals surface area contributed by atoms with E-state index in [0.29, 0.717) is 16.3 Å². The second kappa shape index (κ2) is 5.59. The van der Waals surface area contributed by atoms with Crippen molar-refractivity contribution < 1.29 is 14.3 Å². The van der Waals surface area contributed by atoms with E-state index in [4.69, 9.17) is 5.11 Å². The molecule has 0 radical (unpaired) electrons. The Balaban J connectivity index is 2.15. The largest absolute Gasteiger partial charge is 0.478 e. The molecule has 18 heavy (non-hydrogen) atoms. The molecule has 92 valence electrons. The summed E-state index contributed by atoms with van der Waals surface area (Å²) in [5, 5.41) is 9.47. The van der Waals surface area contributed by atoms with Crippen molar-refractivity contribution in [1.82, 2.24) is 9.97 Å². The van der Waals surface area contributed by atoms with Gasteiger partial charge in [0.15, 0.2) is 0 Å². The van der Waals surface area contributed by atoms with Crippen molar-refractivity contribution in [2.24, 2.45) is 0 Å². The molecule has 2 rings (SSSR count). The second-order valence-corrected chi connectivity index (χ2v) is 4.41. The fourth-order valence-corrected chi connectivity index (χ4v) is 2.17. The van der Waals surface area contributed by atoms with Gasteiger partial charge in [0.2, 0.25) is 0 Å². The molecule has 0 atom stereocenters. The zero-order chi connectivity index (χ0) is 13.0. The number of carboxylic acids is 1. The van der Waals surface area contributed by atoms with Crippen molar-refractivity contribution in [2.45, 2.75) is 10.8 Å². The highest BCUT2D eigenvalue weighted by Crippen LogP contribution is 2.23. The van der Waals surface area contributed by atoms with E-state index in [9.17, 15) is 9.18 Å². The number of halogens is 1. The molecule has 0 aliphatic rings. The highest BCUT2D eigenvalue weighted by Gasteiger charge is 2.13. The Hall–Kier alpha value is -1.95. The van der Waals surface area contributed by atoms with Gasteiger partial charge in [0.05, 0.1) is 11.8 Å². The molecule has 0 amide bonds. The maximum absolute atomic E-state index is 13.8. The lowest BCUT2D eigenvalue weighted by molar-refractivity contribution is 0.0691. The smallest absolute Gasteiger partial charge is 0.338 e. The number of aromatic nitrogens is 2. The van der Waals surface area contributed by atoms with E-state index in [1.54, 1.807) is 24.7 Å². The number of aromatic carboxylic acids is 1. The topological polar surface area (TPSA) is 63.1 Å². The number of hydrogen-bond donors (Lipinski definition) is 1. The van der Waals surface area contributed by atoms with Gasteiger partial charge in [0.25, 0.3) is 0 Å². The summed E-state index contributed by atoms with van der Waals surface area (Å²) in [7, 11) is 0. The van der Waals surface area contributed by atoms with Gasteiger partial charge in [0.1, 0.15) is 10.8 Å².